The van der Waals surface area contributed by atoms with Crippen LogP contribution in [-0.2, 0) is 38.3 Å². The topological polar surface area (TPSA) is 95.9 Å². The highest BCUT2D eigenvalue weighted by Gasteiger charge is 2.31. The SMILES string of the molecule is COC(=O)C(NC(=O)c1cc2c(n(C(Cc3ccccc3)C3=COCO3)c1=O)CCCCCC2)C(C)C. The number of ether oxygens (including phenoxy) is 3. The summed E-state index contributed by atoms with van der Waals surface area (Å²) in [4.78, 5) is 39.9. The molecule has 0 fully saturated rings. The summed E-state index contributed by atoms with van der Waals surface area (Å²) in [7, 11) is 1.29. The number of hydrogen-bond donors (Lipinski definition) is 1. The fourth-order valence-corrected chi connectivity index (χ4v) is 5.10. The second-order valence-corrected chi connectivity index (χ2v) is 9.99. The predicted octanol–water partition coefficient (Wildman–Crippen LogP) is 4.06. The number of hydrogen-bond acceptors (Lipinski definition) is 6. The Morgan fingerprint density at radius 2 is 1.81 bits per heavy atom. The van der Waals surface area contributed by atoms with Crippen molar-refractivity contribution < 1.29 is 23.8 Å². The minimum absolute atomic E-state index is 0.0199. The van der Waals surface area contributed by atoms with E-state index < -0.39 is 29.5 Å². The van der Waals surface area contributed by atoms with Crippen molar-refractivity contribution >= 4 is 11.9 Å². The normalized spacial score (nSPS) is 16.8. The van der Waals surface area contributed by atoms with E-state index in [0.717, 1.165) is 55.3 Å². The molecule has 1 aliphatic carbocycles. The molecule has 8 nitrogen and oxygen atoms in total. The van der Waals surface area contributed by atoms with Gasteiger partial charge in [0.2, 0.25) is 6.79 Å². The van der Waals surface area contributed by atoms with Gasteiger partial charge in [-0.3, -0.25) is 9.59 Å². The maximum atomic E-state index is 14.1. The Bertz CT molecular complexity index is 1200. The molecule has 2 aliphatic rings. The van der Waals surface area contributed by atoms with Crippen LogP contribution in [0.25, 0.3) is 0 Å². The fraction of sp³-hybridized carbons (Fsp3) is 0.483. The van der Waals surface area contributed by atoms with Crippen LogP contribution in [0.2, 0.25) is 0 Å². The van der Waals surface area contributed by atoms with E-state index in [0.29, 0.717) is 12.2 Å². The molecule has 1 aromatic carbocycles. The van der Waals surface area contributed by atoms with Gasteiger partial charge in [-0.05, 0) is 48.8 Å². The molecular formula is C29H36N2O6. The number of methoxy groups -OCH3 is 1. The van der Waals surface area contributed by atoms with Gasteiger partial charge >= 0.3 is 5.97 Å². The van der Waals surface area contributed by atoms with Gasteiger partial charge < -0.3 is 24.1 Å². The third kappa shape index (κ3) is 6.06. The molecule has 2 atom stereocenters. The Kier molecular flexibility index (Phi) is 8.69. The lowest BCUT2D eigenvalue weighted by Crippen LogP contribution is -2.47. The van der Waals surface area contributed by atoms with Crippen molar-refractivity contribution in [3.8, 4) is 0 Å². The largest absolute Gasteiger partial charge is 0.467 e. The number of nitrogens with zero attached hydrogens (tertiary/aromatic N) is 1. The van der Waals surface area contributed by atoms with Crippen LogP contribution in [0.1, 0.15) is 72.8 Å². The van der Waals surface area contributed by atoms with Gasteiger partial charge in [-0.15, -0.1) is 0 Å². The van der Waals surface area contributed by atoms with E-state index in [1.54, 1.807) is 16.9 Å². The number of amides is 1. The molecule has 8 heteroatoms. The second-order valence-electron chi connectivity index (χ2n) is 9.99. The van der Waals surface area contributed by atoms with Crippen molar-refractivity contribution in [2.75, 3.05) is 13.9 Å². The van der Waals surface area contributed by atoms with Crippen molar-refractivity contribution in [3.63, 3.8) is 0 Å². The number of esters is 1. The van der Waals surface area contributed by atoms with Crippen molar-refractivity contribution in [1.82, 2.24) is 9.88 Å². The number of carbonyl (C=O) groups excluding carboxylic acids is 2. The molecule has 0 spiro atoms. The monoisotopic (exact) mass is 508 g/mol. The smallest absolute Gasteiger partial charge is 0.328 e. The zero-order valence-electron chi connectivity index (χ0n) is 21.8. The number of nitrogens with one attached hydrogen (secondary N) is 1. The summed E-state index contributed by atoms with van der Waals surface area (Å²) in [6.45, 7) is 3.73. The summed E-state index contributed by atoms with van der Waals surface area (Å²) >= 11 is 0. The highest BCUT2D eigenvalue weighted by atomic mass is 16.7. The predicted molar refractivity (Wildman–Crippen MR) is 139 cm³/mol. The Hall–Kier alpha value is -3.55. The molecule has 0 saturated carbocycles. The number of rotatable bonds is 8. The van der Waals surface area contributed by atoms with E-state index in [2.05, 4.69) is 5.32 Å². The van der Waals surface area contributed by atoms with Crippen LogP contribution in [0.15, 0.2) is 53.2 Å². The van der Waals surface area contributed by atoms with Gasteiger partial charge in [0, 0.05) is 12.1 Å². The van der Waals surface area contributed by atoms with E-state index in [9.17, 15) is 14.4 Å². The van der Waals surface area contributed by atoms with Crippen LogP contribution in [0, 0.1) is 5.92 Å². The van der Waals surface area contributed by atoms with Crippen LogP contribution in [0.5, 0.6) is 0 Å². The number of fused-ring (bicyclic) bond motifs is 1. The molecule has 4 rings (SSSR count). The molecule has 2 unspecified atom stereocenters. The highest BCUT2D eigenvalue weighted by Crippen LogP contribution is 2.30. The Labute approximate surface area is 217 Å². The van der Waals surface area contributed by atoms with Crippen molar-refractivity contribution in [2.45, 2.75) is 70.9 Å². The number of aromatic nitrogens is 1. The molecule has 1 N–H and O–H groups in total. The number of benzene rings is 1. The molecule has 1 aliphatic heterocycles. The van der Waals surface area contributed by atoms with Crippen LogP contribution < -0.4 is 10.9 Å². The number of carbonyl (C=O) groups is 2. The van der Waals surface area contributed by atoms with E-state index in [-0.39, 0.29) is 18.3 Å². The zero-order valence-corrected chi connectivity index (χ0v) is 21.8. The van der Waals surface area contributed by atoms with Crippen LogP contribution in [-0.4, -0.2) is 36.4 Å². The lowest BCUT2D eigenvalue weighted by Gasteiger charge is -2.28. The first-order chi connectivity index (χ1) is 17.9. The van der Waals surface area contributed by atoms with Gasteiger partial charge in [0.1, 0.15) is 23.9 Å². The minimum atomic E-state index is -0.859. The van der Waals surface area contributed by atoms with Crippen molar-refractivity contribution in [1.29, 1.82) is 0 Å². The number of allylic oxidation sites excluding steroid dienone is 1. The first-order valence-corrected chi connectivity index (χ1v) is 13.0. The summed E-state index contributed by atoms with van der Waals surface area (Å²) in [6.07, 6.45) is 7.72. The first kappa shape index (κ1) is 26.5. The maximum Gasteiger partial charge on any atom is 0.328 e. The maximum absolute atomic E-state index is 14.1. The first-order valence-electron chi connectivity index (χ1n) is 13.0. The second kappa shape index (κ2) is 12.1. The third-order valence-corrected chi connectivity index (χ3v) is 7.10. The summed E-state index contributed by atoms with van der Waals surface area (Å²) in [5.41, 5.74) is 2.58. The van der Waals surface area contributed by atoms with Gasteiger partial charge in [0.25, 0.3) is 11.5 Å². The van der Waals surface area contributed by atoms with Gasteiger partial charge in [0.05, 0.1) is 7.11 Å². The Morgan fingerprint density at radius 1 is 1.08 bits per heavy atom. The number of aryl methyl sites for hydroxylation is 1. The molecule has 1 aromatic heterocycles. The zero-order chi connectivity index (χ0) is 26.4. The summed E-state index contributed by atoms with van der Waals surface area (Å²) in [5, 5.41) is 2.75. The van der Waals surface area contributed by atoms with Gasteiger partial charge in [-0.2, -0.15) is 0 Å². The summed E-state index contributed by atoms with van der Waals surface area (Å²) < 4.78 is 17.8. The van der Waals surface area contributed by atoms with Gasteiger partial charge in [-0.1, -0.05) is 57.0 Å². The van der Waals surface area contributed by atoms with E-state index in [1.165, 1.54) is 7.11 Å². The average Bonchev–Trinajstić information content (AvgIpc) is 3.42. The van der Waals surface area contributed by atoms with E-state index in [4.69, 9.17) is 14.2 Å². The summed E-state index contributed by atoms with van der Waals surface area (Å²) in [6, 6.07) is 10.3. The molecule has 0 radical (unpaired) electrons. The van der Waals surface area contributed by atoms with Crippen molar-refractivity contribution in [3.05, 3.63) is 81.2 Å². The Balaban J connectivity index is 1.84. The van der Waals surface area contributed by atoms with Crippen molar-refractivity contribution in [2.24, 2.45) is 5.92 Å². The average molecular weight is 509 g/mol. The molecule has 2 aromatic rings. The molecule has 2 heterocycles. The van der Waals surface area contributed by atoms with Crippen LogP contribution in [0.3, 0.4) is 0 Å². The standard InChI is InChI=1S/C29H36N2O6/c1-19(2)26(29(34)35-3)30-27(32)22-16-21-13-9-4-5-10-14-23(21)31(28(22)33)24(25-17-36-18-37-25)15-20-11-7-6-8-12-20/h6-8,11-12,16-17,19,24,26H,4-5,9-10,13-15,18H2,1-3H3,(H,30,32). The summed E-state index contributed by atoms with van der Waals surface area (Å²) in [5.74, 6) is -0.771. The van der Waals surface area contributed by atoms with Gasteiger partial charge in [-0.25, -0.2) is 4.79 Å². The molecule has 37 heavy (non-hydrogen) atoms. The quantitative estimate of drug-likeness (QED) is 0.540. The lowest BCUT2D eigenvalue weighted by atomic mass is 9.93. The Morgan fingerprint density at radius 3 is 2.46 bits per heavy atom. The minimum Gasteiger partial charge on any atom is -0.467 e. The van der Waals surface area contributed by atoms with Gasteiger partial charge in [0.15, 0.2) is 5.76 Å². The fourth-order valence-electron chi connectivity index (χ4n) is 5.10. The molecule has 1 amide bonds. The molecule has 198 valence electrons. The van der Waals surface area contributed by atoms with E-state index in [1.807, 2.05) is 44.2 Å². The van der Waals surface area contributed by atoms with Crippen LogP contribution >= 0.6 is 0 Å². The third-order valence-electron chi connectivity index (χ3n) is 7.10. The number of pyridine rings is 1. The van der Waals surface area contributed by atoms with Crippen LogP contribution in [0.4, 0.5) is 0 Å². The lowest BCUT2D eigenvalue weighted by molar-refractivity contribution is -0.144. The molecule has 0 bridgehead atoms. The molecule has 0 saturated heterocycles. The van der Waals surface area contributed by atoms with E-state index >= 15 is 0 Å². The molecular weight excluding hydrogens is 472 g/mol. The highest BCUT2D eigenvalue weighted by molar-refractivity contribution is 5.96.